The van der Waals surface area contributed by atoms with Gasteiger partial charge in [-0.1, -0.05) is 12.1 Å². The second-order valence-corrected chi connectivity index (χ2v) is 3.79. The molecule has 0 aliphatic heterocycles. The third-order valence-corrected chi connectivity index (χ3v) is 2.49. The zero-order chi connectivity index (χ0) is 12.4. The van der Waals surface area contributed by atoms with E-state index in [9.17, 15) is 5.11 Å². The van der Waals surface area contributed by atoms with E-state index in [1.165, 1.54) is 0 Å². The molecule has 0 amide bonds. The molecule has 0 unspecified atom stereocenters. The van der Waals surface area contributed by atoms with Gasteiger partial charge in [0, 0.05) is 0 Å². The lowest BCUT2D eigenvalue weighted by Crippen LogP contribution is -1.90. The second-order valence-electron chi connectivity index (χ2n) is 3.79. The fraction of sp³-hybridized carbons (Fsp3) is 0. The Kier molecular flexibility index (Phi) is 2.53. The van der Waals surface area contributed by atoms with Gasteiger partial charge in [-0.3, -0.25) is 0 Å². The molecule has 1 N–H and O–H groups in total. The van der Waals surface area contributed by atoms with Crippen molar-refractivity contribution in [3.05, 3.63) is 54.7 Å². The van der Waals surface area contributed by atoms with E-state index in [2.05, 4.69) is 9.97 Å². The Morgan fingerprint density at radius 1 is 0.889 bits per heavy atom. The standard InChI is InChI=1S/C14H10N2O2/c17-10-5-7-11(8-6-10)18-14-9-15-12-3-1-2-4-13(12)16-14/h1-9,17H. The lowest BCUT2D eigenvalue weighted by molar-refractivity contribution is 0.454. The highest BCUT2D eigenvalue weighted by Crippen LogP contribution is 2.22. The summed E-state index contributed by atoms with van der Waals surface area (Å²) in [5.41, 5.74) is 1.62. The van der Waals surface area contributed by atoms with Crippen LogP contribution in [0.1, 0.15) is 0 Å². The Labute approximate surface area is 104 Å². The molecule has 0 bridgehead atoms. The van der Waals surface area contributed by atoms with Gasteiger partial charge in [-0.25, -0.2) is 9.97 Å². The first-order valence-corrected chi connectivity index (χ1v) is 5.50. The maximum Gasteiger partial charge on any atom is 0.238 e. The van der Waals surface area contributed by atoms with Gasteiger partial charge in [0.2, 0.25) is 5.88 Å². The Hall–Kier alpha value is -2.62. The minimum atomic E-state index is 0.201. The Morgan fingerprint density at radius 3 is 2.39 bits per heavy atom. The molecule has 88 valence electrons. The van der Waals surface area contributed by atoms with E-state index < -0.39 is 0 Å². The highest BCUT2D eigenvalue weighted by molar-refractivity contribution is 5.74. The summed E-state index contributed by atoms with van der Waals surface area (Å²) in [5.74, 6) is 1.24. The number of aromatic hydroxyl groups is 1. The summed E-state index contributed by atoms with van der Waals surface area (Å²) in [6.07, 6.45) is 1.58. The molecule has 1 aromatic heterocycles. The maximum atomic E-state index is 9.18. The largest absolute Gasteiger partial charge is 0.508 e. The van der Waals surface area contributed by atoms with Gasteiger partial charge in [0.1, 0.15) is 11.5 Å². The zero-order valence-electron chi connectivity index (χ0n) is 9.45. The van der Waals surface area contributed by atoms with E-state index in [0.29, 0.717) is 11.6 Å². The van der Waals surface area contributed by atoms with Gasteiger partial charge in [-0.15, -0.1) is 0 Å². The minimum absolute atomic E-state index is 0.201. The molecule has 3 rings (SSSR count). The molecule has 0 saturated heterocycles. The molecule has 18 heavy (non-hydrogen) atoms. The Morgan fingerprint density at radius 2 is 1.61 bits per heavy atom. The molecule has 0 spiro atoms. The van der Waals surface area contributed by atoms with E-state index in [4.69, 9.17) is 4.74 Å². The summed E-state index contributed by atoms with van der Waals surface area (Å²) >= 11 is 0. The van der Waals surface area contributed by atoms with Crippen LogP contribution in [0.5, 0.6) is 17.4 Å². The minimum Gasteiger partial charge on any atom is -0.508 e. The quantitative estimate of drug-likeness (QED) is 0.745. The molecule has 1 heterocycles. The molecule has 3 aromatic rings. The summed E-state index contributed by atoms with van der Waals surface area (Å²) in [5, 5.41) is 9.18. The fourth-order valence-electron chi connectivity index (χ4n) is 1.62. The molecule has 4 nitrogen and oxygen atoms in total. The number of nitrogens with zero attached hydrogens (tertiary/aromatic N) is 2. The van der Waals surface area contributed by atoms with Crippen molar-refractivity contribution in [2.24, 2.45) is 0 Å². The highest BCUT2D eigenvalue weighted by Gasteiger charge is 2.01. The van der Waals surface area contributed by atoms with Crippen molar-refractivity contribution in [2.45, 2.75) is 0 Å². The highest BCUT2D eigenvalue weighted by atomic mass is 16.5. The number of aromatic nitrogens is 2. The van der Waals surface area contributed by atoms with Crippen molar-refractivity contribution in [1.29, 1.82) is 0 Å². The molecule has 4 heteroatoms. The molecular formula is C14H10N2O2. The Bertz CT molecular complexity index is 681. The lowest BCUT2D eigenvalue weighted by Gasteiger charge is -2.05. The molecular weight excluding hydrogens is 228 g/mol. The van der Waals surface area contributed by atoms with Gasteiger partial charge in [0.05, 0.1) is 17.2 Å². The van der Waals surface area contributed by atoms with Gasteiger partial charge in [-0.05, 0) is 36.4 Å². The number of ether oxygens (including phenoxy) is 1. The van der Waals surface area contributed by atoms with Crippen LogP contribution in [0, 0.1) is 0 Å². The molecule has 0 atom stereocenters. The number of benzene rings is 2. The van der Waals surface area contributed by atoms with Crippen LogP contribution in [-0.2, 0) is 0 Å². The van der Waals surface area contributed by atoms with Crippen molar-refractivity contribution < 1.29 is 9.84 Å². The maximum absolute atomic E-state index is 9.18. The van der Waals surface area contributed by atoms with Crippen molar-refractivity contribution in [3.8, 4) is 17.4 Å². The van der Waals surface area contributed by atoms with Crippen molar-refractivity contribution in [3.63, 3.8) is 0 Å². The van der Waals surface area contributed by atoms with Gasteiger partial charge in [0.15, 0.2) is 0 Å². The Balaban J connectivity index is 1.92. The van der Waals surface area contributed by atoms with Crippen LogP contribution in [0.15, 0.2) is 54.7 Å². The number of phenols is 1. The number of fused-ring (bicyclic) bond motifs is 1. The van der Waals surface area contributed by atoms with E-state index in [0.717, 1.165) is 11.0 Å². The number of rotatable bonds is 2. The average Bonchev–Trinajstić information content (AvgIpc) is 2.41. The molecule has 0 fully saturated rings. The van der Waals surface area contributed by atoms with Crippen molar-refractivity contribution >= 4 is 11.0 Å². The summed E-state index contributed by atoms with van der Waals surface area (Å²) < 4.78 is 5.56. The summed E-state index contributed by atoms with van der Waals surface area (Å²) in [6, 6.07) is 14.1. The van der Waals surface area contributed by atoms with Crippen LogP contribution in [0.3, 0.4) is 0 Å². The van der Waals surface area contributed by atoms with E-state index in [-0.39, 0.29) is 5.75 Å². The van der Waals surface area contributed by atoms with Crippen LogP contribution >= 0.6 is 0 Å². The first kappa shape index (κ1) is 10.5. The van der Waals surface area contributed by atoms with Gasteiger partial charge in [-0.2, -0.15) is 0 Å². The lowest BCUT2D eigenvalue weighted by atomic mass is 10.3. The second kappa shape index (κ2) is 4.33. The van der Waals surface area contributed by atoms with Crippen LogP contribution in [-0.4, -0.2) is 15.1 Å². The third-order valence-electron chi connectivity index (χ3n) is 2.49. The molecule has 0 saturated carbocycles. The number of para-hydroxylation sites is 2. The summed E-state index contributed by atoms with van der Waals surface area (Å²) in [4.78, 5) is 8.60. The van der Waals surface area contributed by atoms with Crippen LogP contribution < -0.4 is 4.74 Å². The molecule has 0 radical (unpaired) electrons. The predicted molar refractivity (Wildman–Crippen MR) is 67.7 cm³/mol. The van der Waals surface area contributed by atoms with Crippen LogP contribution in [0.25, 0.3) is 11.0 Å². The van der Waals surface area contributed by atoms with Gasteiger partial charge < -0.3 is 9.84 Å². The predicted octanol–water partition coefficient (Wildman–Crippen LogP) is 3.13. The topological polar surface area (TPSA) is 55.2 Å². The average molecular weight is 238 g/mol. The summed E-state index contributed by atoms with van der Waals surface area (Å²) in [7, 11) is 0. The zero-order valence-corrected chi connectivity index (χ0v) is 9.45. The number of hydrogen-bond donors (Lipinski definition) is 1. The van der Waals surface area contributed by atoms with E-state index in [1.54, 1.807) is 30.5 Å². The first-order chi connectivity index (χ1) is 8.81. The third kappa shape index (κ3) is 2.08. The first-order valence-electron chi connectivity index (χ1n) is 5.50. The van der Waals surface area contributed by atoms with Crippen LogP contribution in [0.4, 0.5) is 0 Å². The monoisotopic (exact) mass is 238 g/mol. The molecule has 0 aliphatic carbocycles. The molecule has 0 aliphatic rings. The van der Waals surface area contributed by atoms with E-state index in [1.807, 2.05) is 24.3 Å². The number of hydrogen-bond acceptors (Lipinski definition) is 4. The van der Waals surface area contributed by atoms with Crippen molar-refractivity contribution in [1.82, 2.24) is 9.97 Å². The smallest absolute Gasteiger partial charge is 0.238 e. The van der Waals surface area contributed by atoms with Crippen molar-refractivity contribution in [2.75, 3.05) is 0 Å². The molecule has 2 aromatic carbocycles. The van der Waals surface area contributed by atoms with Crippen LogP contribution in [0.2, 0.25) is 0 Å². The fourth-order valence-corrected chi connectivity index (χ4v) is 1.62. The SMILES string of the molecule is Oc1ccc(Oc2cnc3ccccc3n2)cc1. The normalized spacial score (nSPS) is 10.4. The van der Waals surface area contributed by atoms with Gasteiger partial charge in [0.25, 0.3) is 0 Å². The van der Waals surface area contributed by atoms with Gasteiger partial charge >= 0.3 is 0 Å². The van der Waals surface area contributed by atoms with E-state index >= 15 is 0 Å². The number of phenolic OH excluding ortho intramolecular Hbond substituents is 1. The summed E-state index contributed by atoms with van der Waals surface area (Å²) in [6.45, 7) is 0.